The second-order valence-electron chi connectivity index (χ2n) is 6.54. The van der Waals surface area contributed by atoms with Crippen LogP contribution in [0.1, 0.15) is 43.6 Å². The third-order valence-corrected chi connectivity index (χ3v) is 4.27. The number of aliphatic hydroxyl groups excluding tert-OH is 1. The predicted molar refractivity (Wildman–Crippen MR) is 90.3 cm³/mol. The first-order valence-corrected chi connectivity index (χ1v) is 7.66. The van der Waals surface area contributed by atoms with Gasteiger partial charge in [0.1, 0.15) is 11.8 Å². The number of nitrogens with zero attached hydrogens (tertiary/aromatic N) is 1. The molecule has 0 saturated carbocycles. The summed E-state index contributed by atoms with van der Waals surface area (Å²) in [6.07, 6.45) is 2.90. The predicted octanol–water partition coefficient (Wildman–Crippen LogP) is 4.60. The van der Waals surface area contributed by atoms with Crippen LogP contribution in [0.4, 0.5) is 0 Å². The molecular formula is C18H19ClN2O. The van der Waals surface area contributed by atoms with Crippen molar-refractivity contribution in [3.8, 4) is 0 Å². The van der Waals surface area contributed by atoms with E-state index in [0.717, 1.165) is 22.2 Å². The van der Waals surface area contributed by atoms with Gasteiger partial charge < -0.3 is 10.1 Å². The Balaban J connectivity index is 2.13. The van der Waals surface area contributed by atoms with E-state index in [4.69, 9.17) is 11.6 Å². The van der Waals surface area contributed by atoms with Gasteiger partial charge in [-0.2, -0.15) is 0 Å². The molecule has 3 nitrogen and oxygen atoms in total. The zero-order valence-electron chi connectivity index (χ0n) is 12.9. The molecule has 2 N–H and O–H groups in total. The number of pyridine rings is 1. The Morgan fingerprint density at radius 1 is 1.18 bits per heavy atom. The van der Waals surface area contributed by atoms with Crippen LogP contribution in [0.2, 0.25) is 5.02 Å². The number of halogens is 1. The van der Waals surface area contributed by atoms with Crippen LogP contribution in [0, 0.1) is 0 Å². The van der Waals surface area contributed by atoms with Gasteiger partial charge in [0.05, 0.1) is 0 Å². The molecule has 4 heteroatoms. The number of hydrogen-bond donors (Lipinski definition) is 2. The van der Waals surface area contributed by atoms with Crippen molar-refractivity contribution in [1.82, 2.24) is 9.97 Å². The SMILES string of the molecule is CC(C)(C)c1cnc2[nH]cc(C(O)c3ccccc3Cl)c2c1. The summed E-state index contributed by atoms with van der Waals surface area (Å²) >= 11 is 6.21. The Hall–Kier alpha value is -1.84. The average molecular weight is 315 g/mol. The van der Waals surface area contributed by atoms with E-state index in [0.29, 0.717) is 10.6 Å². The number of aromatic amines is 1. The number of fused-ring (bicyclic) bond motifs is 1. The van der Waals surface area contributed by atoms with Crippen molar-refractivity contribution < 1.29 is 5.11 Å². The molecule has 22 heavy (non-hydrogen) atoms. The van der Waals surface area contributed by atoms with E-state index in [2.05, 4.69) is 36.8 Å². The van der Waals surface area contributed by atoms with E-state index >= 15 is 0 Å². The first kappa shape index (κ1) is 15.1. The normalized spacial score (nSPS) is 13.5. The number of hydrogen-bond acceptors (Lipinski definition) is 2. The maximum Gasteiger partial charge on any atom is 0.137 e. The lowest BCUT2D eigenvalue weighted by atomic mass is 9.87. The van der Waals surface area contributed by atoms with Crippen LogP contribution in [-0.4, -0.2) is 15.1 Å². The molecular weight excluding hydrogens is 296 g/mol. The van der Waals surface area contributed by atoms with Gasteiger partial charge in [-0.3, -0.25) is 0 Å². The summed E-state index contributed by atoms with van der Waals surface area (Å²) in [7, 11) is 0. The minimum atomic E-state index is -0.778. The Bertz CT molecular complexity index is 817. The number of nitrogens with one attached hydrogen (secondary N) is 1. The van der Waals surface area contributed by atoms with E-state index in [1.807, 2.05) is 24.4 Å². The monoisotopic (exact) mass is 314 g/mol. The molecule has 0 aliphatic carbocycles. The standard InChI is InChI=1S/C18H19ClN2O/c1-18(2,3)11-8-13-14(10-21-17(13)20-9-11)16(22)12-6-4-5-7-15(12)19/h4-10,16,22H,1-3H3,(H,20,21). The second-order valence-corrected chi connectivity index (χ2v) is 6.95. The molecule has 0 radical (unpaired) electrons. The highest BCUT2D eigenvalue weighted by molar-refractivity contribution is 6.31. The lowest BCUT2D eigenvalue weighted by Crippen LogP contribution is -2.11. The van der Waals surface area contributed by atoms with Crippen LogP contribution in [0.3, 0.4) is 0 Å². The fraction of sp³-hybridized carbons (Fsp3) is 0.278. The lowest BCUT2D eigenvalue weighted by molar-refractivity contribution is 0.222. The molecule has 3 rings (SSSR count). The summed E-state index contributed by atoms with van der Waals surface area (Å²) in [4.78, 5) is 7.59. The topological polar surface area (TPSA) is 48.9 Å². The minimum Gasteiger partial charge on any atom is -0.384 e. The largest absolute Gasteiger partial charge is 0.384 e. The highest BCUT2D eigenvalue weighted by Gasteiger charge is 2.20. The molecule has 0 saturated heterocycles. The fourth-order valence-electron chi connectivity index (χ4n) is 2.52. The second kappa shape index (κ2) is 5.41. The highest BCUT2D eigenvalue weighted by atomic mass is 35.5. The van der Waals surface area contributed by atoms with Gasteiger partial charge in [0.25, 0.3) is 0 Å². The molecule has 0 bridgehead atoms. The van der Waals surface area contributed by atoms with E-state index in [1.54, 1.807) is 12.3 Å². The lowest BCUT2D eigenvalue weighted by Gasteiger charge is -2.19. The van der Waals surface area contributed by atoms with Crippen LogP contribution in [-0.2, 0) is 5.41 Å². The summed E-state index contributed by atoms with van der Waals surface area (Å²) < 4.78 is 0. The van der Waals surface area contributed by atoms with Gasteiger partial charge in [-0.25, -0.2) is 4.98 Å². The van der Waals surface area contributed by atoms with Crippen molar-refractivity contribution in [2.24, 2.45) is 0 Å². The van der Waals surface area contributed by atoms with Crippen molar-refractivity contribution in [3.05, 3.63) is 64.4 Å². The van der Waals surface area contributed by atoms with Crippen LogP contribution in [0.25, 0.3) is 11.0 Å². The maximum absolute atomic E-state index is 10.7. The molecule has 0 fully saturated rings. The molecule has 1 aromatic carbocycles. The first-order valence-electron chi connectivity index (χ1n) is 7.28. The molecule has 0 aliphatic heterocycles. The third kappa shape index (κ3) is 2.62. The van der Waals surface area contributed by atoms with E-state index < -0.39 is 6.10 Å². The molecule has 1 unspecified atom stereocenters. The van der Waals surface area contributed by atoms with Gasteiger partial charge in [0.2, 0.25) is 0 Å². The molecule has 0 aliphatic rings. The fourth-order valence-corrected chi connectivity index (χ4v) is 2.76. The molecule has 1 atom stereocenters. The Labute approximate surface area is 135 Å². The molecule has 2 heterocycles. The van der Waals surface area contributed by atoms with Gasteiger partial charge in [-0.05, 0) is 23.1 Å². The Morgan fingerprint density at radius 3 is 2.59 bits per heavy atom. The number of aromatic nitrogens is 2. The van der Waals surface area contributed by atoms with Crippen LogP contribution < -0.4 is 0 Å². The number of rotatable bonds is 2. The number of aliphatic hydroxyl groups is 1. The number of benzene rings is 1. The third-order valence-electron chi connectivity index (χ3n) is 3.92. The molecule has 3 aromatic rings. The molecule has 2 aromatic heterocycles. The van der Waals surface area contributed by atoms with Gasteiger partial charge in [0, 0.05) is 33.9 Å². The van der Waals surface area contributed by atoms with Crippen molar-refractivity contribution >= 4 is 22.6 Å². The van der Waals surface area contributed by atoms with Crippen LogP contribution >= 0.6 is 11.6 Å². The molecule has 114 valence electrons. The van der Waals surface area contributed by atoms with Crippen molar-refractivity contribution in [1.29, 1.82) is 0 Å². The average Bonchev–Trinajstić information content (AvgIpc) is 2.89. The van der Waals surface area contributed by atoms with Gasteiger partial charge in [-0.1, -0.05) is 50.6 Å². The van der Waals surface area contributed by atoms with E-state index in [9.17, 15) is 5.11 Å². The van der Waals surface area contributed by atoms with E-state index in [-0.39, 0.29) is 5.41 Å². The highest BCUT2D eigenvalue weighted by Crippen LogP contribution is 2.33. The zero-order chi connectivity index (χ0) is 15.9. The van der Waals surface area contributed by atoms with Crippen molar-refractivity contribution in [2.45, 2.75) is 32.3 Å². The van der Waals surface area contributed by atoms with Crippen LogP contribution in [0.5, 0.6) is 0 Å². The summed E-state index contributed by atoms with van der Waals surface area (Å²) in [6, 6.07) is 9.44. The Morgan fingerprint density at radius 2 is 1.91 bits per heavy atom. The van der Waals surface area contributed by atoms with E-state index in [1.165, 1.54) is 0 Å². The first-order chi connectivity index (χ1) is 10.4. The summed E-state index contributed by atoms with van der Waals surface area (Å²) in [5.74, 6) is 0. The van der Waals surface area contributed by atoms with Gasteiger partial charge in [0.15, 0.2) is 0 Å². The smallest absolute Gasteiger partial charge is 0.137 e. The summed E-state index contributed by atoms with van der Waals surface area (Å²) in [5.41, 5.74) is 3.40. The molecule has 0 spiro atoms. The van der Waals surface area contributed by atoms with Gasteiger partial charge in [-0.15, -0.1) is 0 Å². The quantitative estimate of drug-likeness (QED) is 0.726. The van der Waals surface area contributed by atoms with Gasteiger partial charge >= 0.3 is 0 Å². The summed E-state index contributed by atoms with van der Waals surface area (Å²) in [6.45, 7) is 6.44. The van der Waals surface area contributed by atoms with Crippen molar-refractivity contribution in [3.63, 3.8) is 0 Å². The summed E-state index contributed by atoms with van der Waals surface area (Å²) in [5, 5.41) is 12.2. The zero-order valence-corrected chi connectivity index (χ0v) is 13.6. The van der Waals surface area contributed by atoms with Crippen molar-refractivity contribution in [2.75, 3.05) is 0 Å². The molecule has 0 amide bonds. The number of H-pyrrole nitrogens is 1. The van der Waals surface area contributed by atoms with Crippen LogP contribution in [0.15, 0.2) is 42.7 Å². The minimum absolute atomic E-state index is 0.00503. The Kier molecular flexibility index (Phi) is 3.71. The maximum atomic E-state index is 10.7.